The largest absolute Gasteiger partial charge is 0.424 e. The van der Waals surface area contributed by atoms with Gasteiger partial charge < -0.3 is 10.1 Å². The maximum atomic E-state index is 5.71. The lowest BCUT2D eigenvalue weighted by atomic mass is 10.1. The molecule has 0 aliphatic carbocycles. The van der Waals surface area contributed by atoms with Gasteiger partial charge in [0, 0.05) is 29.0 Å². The summed E-state index contributed by atoms with van der Waals surface area (Å²) < 4.78 is 6.82. The normalized spacial score (nSPS) is 10.7. The first-order chi connectivity index (χ1) is 10.1. The number of halogens is 1. The molecular formula is C16H20BrN3O. The first-order valence-electron chi connectivity index (χ1n) is 7.06. The maximum Gasteiger partial charge on any atom is 0.321 e. The lowest BCUT2D eigenvalue weighted by Gasteiger charge is -2.09. The van der Waals surface area contributed by atoms with Crippen LogP contribution in [0.3, 0.4) is 0 Å². The molecule has 0 bridgehead atoms. The van der Waals surface area contributed by atoms with Gasteiger partial charge in [-0.2, -0.15) is 0 Å². The van der Waals surface area contributed by atoms with Gasteiger partial charge in [-0.25, -0.2) is 9.97 Å². The topological polar surface area (TPSA) is 47.0 Å². The van der Waals surface area contributed by atoms with E-state index in [-0.39, 0.29) is 0 Å². The molecule has 0 aliphatic heterocycles. The number of rotatable bonds is 6. The molecule has 2 rings (SSSR count). The summed E-state index contributed by atoms with van der Waals surface area (Å²) in [6.45, 7) is 7.99. The van der Waals surface area contributed by atoms with Gasteiger partial charge in [0.2, 0.25) is 0 Å². The molecule has 0 saturated carbocycles. The monoisotopic (exact) mass is 349 g/mol. The van der Waals surface area contributed by atoms with E-state index >= 15 is 0 Å². The molecule has 1 aromatic heterocycles. The van der Waals surface area contributed by atoms with Crippen molar-refractivity contribution in [2.24, 2.45) is 0 Å². The fourth-order valence-corrected chi connectivity index (χ4v) is 2.20. The van der Waals surface area contributed by atoms with Crippen LogP contribution >= 0.6 is 15.9 Å². The Kier molecular flexibility index (Phi) is 5.70. The molecule has 0 atom stereocenters. The minimum atomic E-state index is 0.371. The Morgan fingerprint density at radius 1 is 1.14 bits per heavy atom. The number of aryl methyl sites for hydroxylation is 2. The molecule has 0 amide bonds. The van der Waals surface area contributed by atoms with Gasteiger partial charge in [0.15, 0.2) is 0 Å². The highest BCUT2D eigenvalue weighted by atomic mass is 79.9. The van der Waals surface area contributed by atoms with Crippen LogP contribution in [-0.2, 0) is 6.54 Å². The van der Waals surface area contributed by atoms with Crippen molar-refractivity contribution in [2.75, 3.05) is 6.54 Å². The minimum Gasteiger partial charge on any atom is -0.424 e. The number of aromatic nitrogens is 2. The molecular weight excluding hydrogens is 330 g/mol. The van der Waals surface area contributed by atoms with Crippen molar-refractivity contribution < 1.29 is 4.74 Å². The molecule has 0 saturated heterocycles. The molecule has 1 N–H and O–H groups in total. The second-order valence-electron chi connectivity index (χ2n) is 5.02. The molecule has 5 heteroatoms. The Bertz CT molecular complexity index is 576. The number of hydrogen-bond donors (Lipinski definition) is 1. The molecule has 0 radical (unpaired) electrons. The minimum absolute atomic E-state index is 0.371. The van der Waals surface area contributed by atoms with E-state index in [0.717, 1.165) is 46.4 Å². The van der Waals surface area contributed by atoms with Crippen molar-refractivity contribution >= 4 is 15.9 Å². The molecule has 0 spiro atoms. The van der Waals surface area contributed by atoms with Gasteiger partial charge in [-0.05, 0) is 50.1 Å². The molecule has 0 unspecified atom stereocenters. The van der Waals surface area contributed by atoms with E-state index in [1.165, 1.54) is 0 Å². The predicted octanol–water partition coefficient (Wildman–Crippen LogP) is 4.15. The van der Waals surface area contributed by atoms with Crippen molar-refractivity contribution in [2.45, 2.75) is 33.7 Å². The second-order valence-corrected chi connectivity index (χ2v) is 5.82. The quantitative estimate of drug-likeness (QED) is 0.795. The summed E-state index contributed by atoms with van der Waals surface area (Å²) in [5.41, 5.74) is 3.31. The summed E-state index contributed by atoms with van der Waals surface area (Å²) in [4.78, 5) is 8.50. The fraction of sp³-hybridized carbons (Fsp3) is 0.375. The smallest absolute Gasteiger partial charge is 0.321 e. The lowest BCUT2D eigenvalue weighted by molar-refractivity contribution is 0.440. The summed E-state index contributed by atoms with van der Waals surface area (Å²) in [5, 5.41) is 3.32. The fourth-order valence-electron chi connectivity index (χ4n) is 1.97. The second kappa shape index (κ2) is 7.52. The number of benzene rings is 1. The SMILES string of the molecule is CCCNCc1cnc(Oc2cc(C)c(Br)c(C)c2)nc1. The molecule has 0 fully saturated rings. The van der Waals surface area contributed by atoms with E-state index in [0.29, 0.717) is 6.01 Å². The van der Waals surface area contributed by atoms with Gasteiger partial charge in [-0.3, -0.25) is 0 Å². The van der Waals surface area contributed by atoms with Crippen LogP contribution in [-0.4, -0.2) is 16.5 Å². The van der Waals surface area contributed by atoms with Crippen molar-refractivity contribution in [3.8, 4) is 11.8 Å². The molecule has 21 heavy (non-hydrogen) atoms. The van der Waals surface area contributed by atoms with Crippen LogP contribution in [0.1, 0.15) is 30.0 Å². The van der Waals surface area contributed by atoms with Crippen molar-refractivity contribution in [1.82, 2.24) is 15.3 Å². The van der Waals surface area contributed by atoms with Crippen molar-refractivity contribution in [1.29, 1.82) is 0 Å². The Balaban J connectivity index is 2.03. The van der Waals surface area contributed by atoms with E-state index in [9.17, 15) is 0 Å². The van der Waals surface area contributed by atoms with Crippen LogP contribution < -0.4 is 10.1 Å². The van der Waals surface area contributed by atoms with Crippen LogP contribution in [0, 0.1) is 13.8 Å². The molecule has 2 aromatic rings. The average molecular weight is 350 g/mol. The van der Waals surface area contributed by atoms with Crippen molar-refractivity contribution in [3.05, 3.63) is 45.7 Å². The zero-order valence-electron chi connectivity index (χ0n) is 12.6. The Hall–Kier alpha value is -1.46. The van der Waals surface area contributed by atoms with E-state index in [4.69, 9.17) is 4.74 Å². The number of nitrogens with zero attached hydrogens (tertiary/aromatic N) is 2. The number of nitrogens with one attached hydrogen (secondary N) is 1. The summed E-state index contributed by atoms with van der Waals surface area (Å²) in [6.07, 6.45) is 4.71. The zero-order chi connectivity index (χ0) is 15.2. The Labute approximate surface area is 134 Å². The van der Waals surface area contributed by atoms with E-state index in [1.54, 1.807) is 12.4 Å². The molecule has 112 valence electrons. The third-order valence-corrected chi connectivity index (χ3v) is 4.31. The van der Waals surface area contributed by atoms with Gasteiger partial charge >= 0.3 is 6.01 Å². The molecule has 4 nitrogen and oxygen atoms in total. The first kappa shape index (κ1) is 15.9. The number of hydrogen-bond acceptors (Lipinski definition) is 4. The highest BCUT2D eigenvalue weighted by Crippen LogP contribution is 2.28. The van der Waals surface area contributed by atoms with Crippen molar-refractivity contribution in [3.63, 3.8) is 0 Å². The molecule has 0 aliphatic rings. The van der Waals surface area contributed by atoms with Crippen LogP contribution in [0.2, 0.25) is 0 Å². The van der Waals surface area contributed by atoms with Crippen LogP contribution in [0.15, 0.2) is 29.0 Å². The van der Waals surface area contributed by atoms with Gasteiger partial charge in [-0.15, -0.1) is 0 Å². The summed E-state index contributed by atoms with van der Waals surface area (Å²) in [5.74, 6) is 0.755. The first-order valence-corrected chi connectivity index (χ1v) is 7.85. The highest BCUT2D eigenvalue weighted by molar-refractivity contribution is 9.10. The summed E-state index contributed by atoms with van der Waals surface area (Å²) >= 11 is 3.54. The maximum absolute atomic E-state index is 5.71. The van der Waals surface area contributed by atoms with Gasteiger partial charge in [0.1, 0.15) is 5.75 Å². The molecule has 1 heterocycles. The van der Waals surface area contributed by atoms with E-state index in [2.05, 4.69) is 38.1 Å². The lowest BCUT2D eigenvalue weighted by Crippen LogP contribution is -2.14. The van der Waals surface area contributed by atoms with Gasteiger partial charge in [-0.1, -0.05) is 22.9 Å². The molecule has 1 aromatic carbocycles. The summed E-state index contributed by atoms with van der Waals surface area (Å²) in [6, 6.07) is 4.31. The van der Waals surface area contributed by atoms with Gasteiger partial charge in [0.05, 0.1) is 0 Å². The van der Waals surface area contributed by atoms with E-state index in [1.807, 2.05) is 26.0 Å². The highest BCUT2D eigenvalue weighted by Gasteiger charge is 2.06. The van der Waals surface area contributed by atoms with Crippen LogP contribution in [0.25, 0.3) is 0 Å². The number of ether oxygens (including phenoxy) is 1. The van der Waals surface area contributed by atoms with Crippen LogP contribution in [0.5, 0.6) is 11.8 Å². The predicted molar refractivity (Wildman–Crippen MR) is 87.7 cm³/mol. The van der Waals surface area contributed by atoms with E-state index < -0.39 is 0 Å². The third-order valence-electron chi connectivity index (χ3n) is 3.06. The zero-order valence-corrected chi connectivity index (χ0v) is 14.2. The average Bonchev–Trinajstić information content (AvgIpc) is 2.47. The third kappa shape index (κ3) is 4.51. The Morgan fingerprint density at radius 3 is 2.33 bits per heavy atom. The summed E-state index contributed by atoms with van der Waals surface area (Å²) in [7, 11) is 0. The van der Waals surface area contributed by atoms with Crippen LogP contribution in [0.4, 0.5) is 0 Å². The van der Waals surface area contributed by atoms with Gasteiger partial charge in [0.25, 0.3) is 0 Å². The Morgan fingerprint density at radius 2 is 1.76 bits per heavy atom. The standard InChI is InChI=1S/C16H20BrN3O/c1-4-5-18-8-13-9-19-16(20-10-13)21-14-6-11(2)15(17)12(3)7-14/h6-7,9-10,18H,4-5,8H2,1-3H3.